The molecule has 0 spiro atoms. The van der Waals surface area contributed by atoms with Crippen molar-refractivity contribution in [3.63, 3.8) is 0 Å². The lowest BCUT2D eigenvalue weighted by Crippen LogP contribution is -2.60. The van der Waals surface area contributed by atoms with E-state index in [2.05, 4.69) is 59.0 Å². The van der Waals surface area contributed by atoms with E-state index in [9.17, 15) is 9.90 Å². The average molecular weight is 544 g/mol. The number of benzene rings is 1. The van der Waals surface area contributed by atoms with Gasteiger partial charge in [-0.25, -0.2) is 0 Å². The lowest BCUT2D eigenvalue weighted by Gasteiger charge is -2.56. The van der Waals surface area contributed by atoms with Crippen molar-refractivity contribution in [3.8, 4) is 5.75 Å². The Labute approximate surface area is 234 Å². The average Bonchev–Trinajstić information content (AvgIpc) is 2.77. The Bertz CT molecular complexity index is 935. The van der Waals surface area contributed by atoms with Gasteiger partial charge in [0.05, 0.1) is 5.75 Å². The molecule has 2 unspecified atom stereocenters. The number of nitrogens with one attached hydrogen (secondary N) is 1. The van der Waals surface area contributed by atoms with E-state index in [-0.39, 0.29) is 22.3 Å². The Morgan fingerprint density at radius 3 is 1.86 bits per heavy atom. The van der Waals surface area contributed by atoms with Gasteiger partial charge in [-0.3, -0.25) is 4.79 Å². The molecule has 37 heavy (non-hydrogen) atoms. The molecule has 4 bridgehead atoms. The van der Waals surface area contributed by atoms with Crippen LogP contribution in [0.3, 0.4) is 0 Å². The molecule has 5 heteroatoms. The van der Waals surface area contributed by atoms with E-state index in [0.717, 1.165) is 28.9 Å². The van der Waals surface area contributed by atoms with Crippen LogP contribution in [0.4, 0.5) is 0 Å². The third-order valence-electron chi connectivity index (χ3n) is 9.50. The molecule has 5 aliphatic carbocycles. The number of hydrogen-bond acceptors (Lipinski definition) is 4. The van der Waals surface area contributed by atoms with Crippen molar-refractivity contribution >= 4 is 29.4 Å². The number of carbonyl (C=O) groups is 1. The van der Waals surface area contributed by atoms with E-state index in [0.29, 0.717) is 22.0 Å². The van der Waals surface area contributed by atoms with Crippen molar-refractivity contribution in [1.29, 1.82) is 0 Å². The summed E-state index contributed by atoms with van der Waals surface area (Å²) in [5.74, 6) is 3.91. The van der Waals surface area contributed by atoms with Gasteiger partial charge in [0.2, 0.25) is 5.91 Å². The Hall–Kier alpha value is -0.810. The largest absolute Gasteiger partial charge is 0.507 e. The molecule has 1 aromatic rings. The number of phenols is 1. The van der Waals surface area contributed by atoms with E-state index >= 15 is 0 Å². The Morgan fingerprint density at radius 1 is 0.892 bits per heavy atom. The van der Waals surface area contributed by atoms with Crippen LogP contribution in [0.2, 0.25) is 0 Å². The van der Waals surface area contributed by atoms with Crippen molar-refractivity contribution in [1.82, 2.24) is 5.32 Å². The van der Waals surface area contributed by atoms with Crippen molar-refractivity contribution in [3.05, 3.63) is 23.3 Å². The maximum atomic E-state index is 13.2. The highest BCUT2D eigenvalue weighted by atomic mass is 32.2. The lowest BCUT2D eigenvalue weighted by molar-refractivity contribution is -0.124. The second kappa shape index (κ2) is 10.3. The Kier molecular flexibility index (Phi) is 7.73. The first kappa shape index (κ1) is 27.7. The maximum absolute atomic E-state index is 13.2. The summed E-state index contributed by atoms with van der Waals surface area (Å²) >= 11 is 3.89. The summed E-state index contributed by atoms with van der Waals surface area (Å²) in [6.45, 7) is 13.1. The predicted octanol–water partition coefficient (Wildman–Crippen LogP) is 8.21. The molecule has 0 aliphatic heterocycles. The number of phenolic OH excluding ortho intramolecular Hbond substituents is 1. The zero-order valence-electron chi connectivity index (χ0n) is 24.0. The van der Waals surface area contributed by atoms with Crippen LogP contribution in [0, 0.1) is 17.8 Å². The summed E-state index contributed by atoms with van der Waals surface area (Å²) in [6, 6.07) is 4.46. The van der Waals surface area contributed by atoms with Crippen LogP contribution in [0.25, 0.3) is 0 Å². The SMILES string of the molecule is CC(C)(C)c1cc(SC2CCCCC2SCC(=O)NC23CC4CC(CC(C4)C2)C3)cc(C(C)(C)C)c1O. The van der Waals surface area contributed by atoms with Gasteiger partial charge in [0, 0.05) is 32.1 Å². The standard InChI is InChI=1S/C32H49NO2S2/c1-30(2,3)24-14-23(15-25(29(24)35)31(4,5)6)37-27-10-8-7-9-26(27)36-19-28(34)33-32-16-20-11-21(17-32)13-22(12-20)18-32/h14-15,20-22,26-27,35H,7-13,16-19H2,1-6H3,(H,33,34). The highest BCUT2D eigenvalue weighted by Crippen LogP contribution is 2.55. The predicted molar refractivity (Wildman–Crippen MR) is 159 cm³/mol. The first-order chi connectivity index (χ1) is 17.3. The number of rotatable bonds is 6. The number of carbonyl (C=O) groups excluding carboxylic acids is 1. The van der Waals surface area contributed by atoms with Crippen molar-refractivity contribution in [2.24, 2.45) is 17.8 Å². The molecule has 3 nitrogen and oxygen atoms in total. The van der Waals surface area contributed by atoms with Gasteiger partial charge in [-0.05, 0) is 92.1 Å². The fourth-order valence-electron chi connectivity index (χ4n) is 8.16. The van der Waals surface area contributed by atoms with Crippen molar-refractivity contribution in [2.75, 3.05) is 5.75 Å². The Morgan fingerprint density at radius 2 is 1.38 bits per heavy atom. The third kappa shape index (κ3) is 6.18. The van der Waals surface area contributed by atoms with Gasteiger partial charge in [-0.15, -0.1) is 23.5 Å². The summed E-state index contributed by atoms with van der Waals surface area (Å²) in [5, 5.41) is 15.7. The highest BCUT2D eigenvalue weighted by molar-refractivity contribution is 8.04. The Balaban J connectivity index is 1.25. The monoisotopic (exact) mass is 543 g/mol. The summed E-state index contributed by atoms with van der Waals surface area (Å²) in [4.78, 5) is 14.5. The molecule has 1 aromatic carbocycles. The zero-order chi connectivity index (χ0) is 26.6. The second-order valence-electron chi connectivity index (χ2n) is 14.9. The molecule has 1 amide bonds. The van der Waals surface area contributed by atoms with Crippen LogP contribution in [-0.2, 0) is 15.6 Å². The van der Waals surface area contributed by atoms with Gasteiger partial charge in [-0.1, -0.05) is 54.4 Å². The van der Waals surface area contributed by atoms with E-state index < -0.39 is 0 Å². The smallest absolute Gasteiger partial charge is 0.230 e. The lowest BCUT2D eigenvalue weighted by atomic mass is 9.53. The van der Waals surface area contributed by atoms with Gasteiger partial charge in [-0.2, -0.15) is 0 Å². The molecule has 6 rings (SSSR count). The number of amides is 1. The summed E-state index contributed by atoms with van der Waals surface area (Å²) < 4.78 is 0. The number of aromatic hydroxyl groups is 1. The first-order valence-electron chi connectivity index (χ1n) is 14.8. The second-order valence-corrected chi connectivity index (χ2v) is 17.4. The van der Waals surface area contributed by atoms with Crippen molar-refractivity contribution in [2.45, 2.75) is 138 Å². The maximum Gasteiger partial charge on any atom is 0.230 e. The number of hydrogen-bond donors (Lipinski definition) is 2. The molecule has 0 aromatic heterocycles. The molecular formula is C32H49NO2S2. The molecule has 2 atom stereocenters. The molecule has 5 saturated carbocycles. The van der Waals surface area contributed by atoms with Gasteiger partial charge in [0.25, 0.3) is 0 Å². The van der Waals surface area contributed by atoms with Gasteiger partial charge < -0.3 is 10.4 Å². The normalized spacial score (nSPS) is 33.5. The third-order valence-corrected chi connectivity index (χ3v) is 12.5. The van der Waals surface area contributed by atoms with Crippen LogP contribution in [0.15, 0.2) is 17.0 Å². The first-order valence-corrected chi connectivity index (χ1v) is 16.7. The van der Waals surface area contributed by atoms with Crippen LogP contribution < -0.4 is 5.32 Å². The minimum atomic E-state index is -0.114. The van der Waals surface area contributed by atoms with Crippen LogP contribution in [0.1, 0.15) is 117 Å². The van der Waals surface area contributed by atoms with E-state index in [1.807, 2.05) is 23.5 Å². The highest BCUT2D eigenvalue weighted by Gasteiger charge is 2.51. The molecule has 5 aliphatic rings. The molecule has 206 valence electrons. The fourth-order valence-corrected chi connectivity index (χ4v) is 11.0. The van der Waals surface area contributed by atoms with Crippen molar-refractivity contribution < 1.29 is 9.90 Å². The van der Waals surface area contributed by atoms with Crippen LogP contribution in [-0.4, -0.2) is 32.8 Å². The molecule has 5 fully saturated rings. The van der Waals surface area contributed by atoms with Gasteiger partial charge in [0.1, 0.15) is 5.75 Å². The molecule has 0 radical (unpaired) electrons. The number of thioether (sulfide) groups is 2. The molecular weight excluding hydrogens is 494 g/mol. The fraction of sp³-hybridized carbons (Fsp3) is 0.781. The minimum Gasteiger partial charge on any atom is -0.507 e. The zero-order valence-corrected chi connectivity index (χ0v) is 25.6. The van der Waals surface area contributed by atoms with E-state index in [4.69, 9.17) is 0 Å². The molecule has 2 N–H and O–H groups in total. The topological polar surface area (TPSA) is 49.3 Å². The van der Waals surface area contributed by atoms with E-state index in [1.54, 1.807) is 0 Å². The van der Waals surface area contributed by atoms with Gasteiger partial charge in [0.15, 0.2) is 0 Å². The quantitative estimate of drug-likeness (QED) is 0.380. The minimum absolute atomic E-state index is 0.114. The summed E-state index contributed by atoms with van der Waals surface area (Å²) in [6.07, 6.45) is 12.9. The summed E-state index contributed by atoms with van der Waals surface area (Å²) in [7, 11) is 0. The summed E-state index contributed by atoms with van der Waals surface area (Å²) in [5.41, 5.74) is 1.97. The van der Waals surface area contributed by atoms with Crippen LogP contribution in [0.5, 0.6) is 5.75 Å². The molecule has 0 heterocycles. The van der Waals surface area contributed by atoms with Gasteiger partial charge >= 0.3 is 0 Å². The van der Waals surface area contributed by atoms with Crippen LogP contribution >= 0.6 is 23.5 Å². The van der Waals surface area contributed by atoms with E-state index in [1.165, 1.54) is 69.1 Å². The molecule has 0 saturated heterocycles.